The Bertz CT molecular complexity index is 129. The lowest BCUT2D eigenvalue weighted by atomic mass is 10.3. The summed E-state index contributed by atoms with van der Waals surface area (Å²) >= 11 is 0. The fourth-order valence-corrected chi connectivity index (χ4v) is 0.682. The highest BCUT2D eigenvalue weighted by atomic mass is 15.0. The van der Waals surface area contributed by atoms with Gasteiger partial charge in [-0.1, -0.05) is 20.3 Å². The summed E-state index contributed by atoms with van der Waals surface area (Å²) in [7, 11) is 0. The first-order valence-corrected chi connectivity index (χ1v) is 4.15. The Morgan fingerprint density at radius 2 is 2.27 bits per heavy atom. The Morgan fingerprint density at radius 3 is 2.73 bits per heavy atom. The second-order valence-corrected chi connectivity index (χ2v) is 2.41. The van der Waals surface area contributed by atoms with Crippen LogP contribution in [0, 0.1) is 5.53 Å². The summed E-state index contributed by atoms with van der Waals surface area (Å²) in [6.45, 7) is 5.13. The molecule has 0 saturated heterocycles. The predicted octanol–water partition coefficient (Wildman–Crippen LogP) is 2.66. The van der Waals surface area contributed by atoms with Gasteiger partial charge in [0.1, 0.15) is 0 Å². The number of allylic oxidation sites excluding steroid dienone is 1. The van der Waals surface area contributed by atoms with E-state index in [0.29, 0.717) is 0 Å². The number of hydrogen-bond acceptors (Lipinski definition) is 3. The van der Waals surface area contributed by atoms with Crippen molar-refractivity contribution < 1.29 is 0 Å². The Kier molecular flexibility index (Phi) is 6.68. The molecule has 0 aromatic carbocycles. The van der Waals surface area contributed by atoms with E-state index < -0.39 is 0 Å². The van der Waals surface area contributed by atoms with Crippen LogP contribution in [0.4, 0.5) is 0 Å². The lowest BCUT2D eigenvalue weighted by Crippen LogP contribution is -2.07. The number of rotatable bonds is 6. The molecule has 3 heteroatoms. The van der Waals surface area contributed by atoms with Gasteiger partial charge in [-0.15, -0.1) is 0 Å². The molecule has 0 bridgehead atoms. The highest BCUT2D eigenvalue weighted by Gasteiger charge is 1.87. The molecule has 0 rings (SSSR count). The molecule has 0 aliphatic rings. The smallest absolute Gasteiger partial charge is 0.0777 e. The van der Waals surface area contributed by atoms with Crippen LogP contribution in [0.15, 0.2) is 17.0 Å². The summed E-state index contributed by atoms with van der Waals surface area (Å²) in [5.41, 5.74) is 7.56. The summed E-state index contributed by atoms with van der Waals surface area (Å²) in [5.74, 6) is 0. The van der Waals surface area contributed by atoms with Crippen molar-refractivity contribution in [3.63, 3.8) is 0 Å². The molecule has 0 atom stereocenters. The summed E-state index contributed by atoms with van der Waals surface area (Å²) in [6, 6.07) is 0. The maximum Gasteiger partial charge on any atom is 0.0777 e. The minimum atomic E-state index is 0.807. The third-order valence-electron chi connectivity index (χ3n) is 1.45. The lowest BCUT2D eigenvalue weighted by molar-refractivity contribution is 0.727. The summed E-state index contributed by atoms with van der Waals surface area (Å²) in [4.78, 5) is 0. The third-order valence-corrected chi connectivity index (χ3v) is 1.45. The molecule has 0 aliphatic carbocycles. The van der Waals surface area contributed by atoms with Crippen LogP contribution in [0.5, 0.6) is 0 Å². The molecule has 0 saturated carbocycles. The highest BCUT2D eigenvalue weighted by molar-refractivity contribution is 4.95. The van der Waals surface area contributed by atoms with E-state index in [2.05, 4.69) is 17.4 Å². The molecule has 3 nitrogen and oxygen atoms in total. The zero-order valence-corrected chi connectivity index (χ0v) is 7.35. The summed E-state index contributed by atoms with van der Waals surface area (Å²) in [6.07, 6.45) is 5.01. The summed E-state index contributed by atoms with van der Waals surface area (Å²) in [5, 5.41) is 6.47. The largest absolute Gasteiger partial charge is 0.389 e. The van der Waals surface area contributed by atoms with Gasteiger partial charge in [0.15, 0.2) is 0 Å². The molecule has 11 heavy (non-hydrogen) atoms. The van der Waals surface area contributed by atoms with Gasteiger partial charge in [0.25, 0.3) is 0 Å². The van der Waals surface area contributed by atoms with Crippen LogP contribution in [-0.4, -0.2) is 6.54 Å². The fourth-order valence-electron chi connectivity index (χ4n) is 0.682. The van der Waals surface area contributed by atoms with E-state index >= 15 is 0 Å². The monoisotopic (exact) mass is 155 g/mol. The van der Waals surface area contributed by atoms with Crippen LogP contribution in [0.2, 0.25) is 0 Å². The van der Waals surface area contributed by atoms with E-state index in [0.717, 1.165) is 18.7 Å². The standard InChI is InChI=1S/C8H17N3/c1-3-5-6-10-7-8(4-2)11-9/h7,9-10H,3-6H2,1-2H3/b8-7-,11-9?. The van der Waals surface area contributed by atoms with Crippen LogP contribution < -0.4 is 5.32 Å². The average molecular weight is 155 g/mol. The van der Waals surface area contributed by atoms with E-state index in [1.807, 2.05) is 13.1 Å². The molecule has 0 heterocycles. The van der Waals surface area contributed by atoms with Crippen LogP contribution in [0.25, 0.3) is 0 Å². The zero-order valence-electron chi connectivity index (χ0n) is 7.35. The van der Waals surface area contributed by atoms with Gasteiger partial charge in [-0.05, 0) is 12.8 Å². The first-order valence-electron chi connectivity index (χ1n) is 4.15. The normalized spacial score (nSPS) is 11.3. The van der Waals surface area contributed by atoms with Gasteiger partial charge >= 0.3 is 0 Å². The number of hydrogen-bond donors (Lipinski definition) is 2. The molecular formula is C8H17N3. The quantitative estimate of drug-likeness (QED) is 0.449. The van der Waals surface area contributed by atoms with Gasteiger partial charge in [0.05, 0.1) is 5.70 Å². The van der Waals surface area contributed by atoms with Crippen molar-refractivity contribution in [2.24, 2.45) is 5.11 Å². The highest BCUT2D eigenvalue weighted by Crippen LogP contribution is 1.98. The SMILES string of the molecule is CCCCN/C=C(/CC)N=N. The molecule has 0 fully saturated rings. The minimum Gasteiger partial charge on any atom is -0.389 e. The molecule has 0 aliphatic heterocycles. The zero-order chi connectivity index (χ0) is 8.53. The Hall–Kier alpha value is -0.860. The van der Waals surface area contributed by atoms with Crippen molar-refractivity contribution in [1.82, 2.24) is 5.32 Å². The maximum atomic E-state index is 6.76. The van der Waals surface area contributed by atoms with Gasteiger partial charge in [-0.25, -0.2) is 5.53 Å². The minimum absolute atomic E-state index is 0.807. The Labute approximate surface area is 68.4 Å². The van der Waals surface area contributed by atoms with E-state index in [1.54, 1.807) is 0 Å². The van der Waals surface area contributed by atoms with Crippen molar-refractivity contribution in [3.8, 4) is 0 Å². The number of nitrogens with zero attached hydrogens (tertiary/aromatic N) is 1. The Balaban J connectivity index is 3.44. The van der Waals surface area contributed by atoms with E-state index in [9.17, 15) is 0 Å². The van der Waals surface area contributed by atoms with Crippen molar-refractivity contribution in [2.45, 2.75) is 33.1 Å². The van der Waals surface area contributed by atoms with Crippen LogP contribution in [0.3, 0.4) is 0 Å². The molecule has 0 spiro atoms. The van der Waals surface area contributed by atoms with Crippen LogP contribution >= 0.6 is 0 Å². The molecule has 0 radical (unpaired) electrons. The second-order valence-electron chi connectivity index (χ2n) is 2.41. The van der Waals surface area contributed by atoms with Crippen LogP contribution in [-0.2, 0) is 0 Å². The van der Waals surface area contributed by atoms with Gasteiger partial charge in [-0.3, -0.25) is 0 Å². The Morgan fingerprint density at radius 1 is 1.55 bits per heavy atom. The van der Waals surface area contributed by atoms with Gasteiger partial charge in [0.2, 0.25) is 0 Å². The van der Waals surface area contributed by atoms with E-state index in [-0.39, 0.29) is 0 Å². The number of nitrogens with one attached hydrogen (secondary N) is 2. The van der Waals surface area contributed by atoms with Crippen molar-refractivity contribution in [1.29, 1.82) is 5.53 Å². The molecule has 64 valence electrons. The topological polar surface area (TPSA) is 48.2 Å². The van der Waals surface area contributed by atoms with Gasteiger partial charge in [0, 0.05) is 12.7 Å². The van der Waals surface area contributed by atoms with Gasteiger partial charge in [-0.2, -0.15) is 5.11 Å². The van der Waals surface area contributed by atoms with E-state index in [1.165, 1.54) is 12.8 Å². The van der Waals surface area contributed by atoms with Crippen molar-refractivity contribution in [3.05, 3.63) is 11.9 Å². The van der Waals surface area contributed by atoms with Crippen molar-refractivity contribution >= 4 is 0 Å². The predicted molar refractivity (Wildman–Crippen MR) is 46.4 cm³/mol. The van der Waals surface area contributed by atoms with Crippen LogP contribution in [0.1, 0.15) is 33.1 Å². The molecule has 0 aromatic rings. The summed E-state index contributed by atoms with van der Waals surface area (Å²) < 4.78 is 0. The molecule has 0 aromatic heterocycles. The maximum absolute atomic E-state index is 6.76. The molecule has 0 unspecified atom stereocenters. The number of unbranched alkanes of at least 4 members (excludes halogenated alkanes) is 1. The van der Waals surface area contributed by atoms with Gasteiger partial charge < -0.3 is 5.32 Å². The third kappa shape index (κ3) is 5.58. The average Bonchev–Trinajstić information content (AvgIpc) is 2.05. The molecule has 2 N–H and O–H groups in total. The first kappa shape index (κ1) is 10.1. The molecule has 0 amide bonds. The lowest BCUT2D eigenvalue weighted by Gasteiger charge is -1.98. The fraction of sp³-hybridized carbons (Fsp3) is 0.750. The molecular weight excluding hydrogens is 138 g/mol. The second kappa shape index (κ2) is 7.25. The first-order chi connectivity index (χ1) is 5.35. The van der Waals surface area contributed by atoms with Crippen molar-refractivity contribution in [2.75, 3.05) is 6.54 Å². The van der Waals surface area contributed by atoms with E-state index in [4.69, 9.17) is 5.53 Å².